The lowest BCUT2D eigenvalue weighted by Crippen LogP contribution is -1.97. The van der Waals surface area contributed by atoms with Crippen LogP contribution in [0, 0.1) is 0 Å². The number of hydrogen-bond acceptors (Lipinski definition) is 5. The molecule has 0 saturated heterocycles. The predicted molar refractivity (Wildman–Crippen MR) is 83.0 cm³/mol. The molecule has 3 rings (SSSR count). The molecule has 0 spiro atoms. The van der Waals surface area contributed by atoms with Gasteiger partial charge in [0.25, 0.3) is 0 Å². The molecule has 0 amide bonds. The normalized spacial score (nSPS) is 12.1. The van der Waals surface area contributed by atoms with Crippen molar-refractivity contribution in [2.45, 2.75) is 6.92 Å². The van der Waals surface area contributed by atoms with Gasteiger partial charge in [0, 0.05) is 0 Å². The number of allylic oxidation sites excluding steroid dienone is 1. The fraction of sp³-hybridized carbons (Fsp3) is 0.0667. The monoisotopic (exact) mass is 278 g/mol. The van der Waals surface area contributed by atoms with Crippen LogP contribution in [-0.4, -0.2) is 26.0 Å². The first-order chi connectivity index (χ1) is 10.3. The Labute approximate surface area is 121 Å². The molecule has 0 aliphatic carbocycles. The van der Waals surface area contributed by atoms with Crippen molar-refractivity contribution in [1.82, 2.24) is 19.8 Å². The molecule has 6 heteroatoms. The van der Waals surface area contributed by atoms with Crippen LogP contribution in [0.3, 0.4) is 0 Å². The largest absolute Gasteiger partial charge is 0.260 e. The summed E-state index contributed by atoms with van der Waals surface area (Å²) in [5.41, 5.74) is 5.77. The molecule has 3 aromatic rings. The van der Waals surface area contributed by atoms with E-state index in [-0.39, 0.29) is 0 Å². The highest BCUT2D eigenvalue weighted by atomic mass is 15.4. The highest BCUT2D eigenvalue weighted by molar-refractivity contribution is 5.85. The molecule has 6 nitrogen and oxygen atoms in total. The summed E-state index contributed by atoms with van der Waals surface area (Å²) < 4.78 is 1.59. The van der Waals surface area contributed by atoms with Crippen LogP contribution in [0.25, 0.3) is 11.7 Å². The third-order valence-corrected chi connectivity index (χ3v) is 2.80. The van der Waals surface area contributed by atoms with E-state index in [1.54, 1.807) is 23.1 Å². The molecule has 0 radical (unpaired) electrons. The summed E-state index contributed by atoms with van der Waals surface area (Å²) in [5, 5.41) is 16.1. The number of hydrazone groups is 1. The van der Waals surface area contributed by atoms with Crippen LogP contribution in [0.4, 0.5) is 5.82 Å². The van der Waals surface area contributed by atoms with Crippen molar-refractivity contribution in [1.29, 1.82) is 0 Å². The smallest absolute Gasteiger partial charge is 0.177 e. The van der Waals surface area contributed by atoms with E-state index in [4.69, 9.17) is 0 Å². The molecule has 1 N–H and O–H groups in total. The zero-order valence-corrected chi connectivity index (χ0v) is 11.5. The van der Waals surface area contributed by atoms with E-state index < -0.39 is 0 Å². The summed E-state index contributed by atoms with van der Waals surface area (Å²) in [6.07, 6.45) is 5.36. The van der Waals surface area contributed by atoms with Crippen molar-refractivity contribution >= 4 is 23.8 Å². The van der Waals surface area contributed by atoms with E-state index >= 15 is 0 Å². The van der Waals surface area contributed by atoms with Gasteiger partial charge in [0.15, 0.2) is 11.5 Å². The molecule has 0 atom stereocenters. The number of nitrogens with zero attached hydrogens (tertiary/aromatic N) is 5. The number of rotatable bonds is 4. The van der Waals surface area contributed by atoms with Gasteiger partial charge in [-0.05, 0) is 30.2 Å². The molecule has 104 valence electrons. The summed E-state index contributed by atoms with van der Waals surface area (Å²) in [7, 11) is 0. The average Bonchev–Trinajstić information content (AvgIpc) is 2.96. The number of benzene rings is 1. The first-order valence-electron chi connectivity index (χ1n) is 6.51. The van der Waals surface area contributed by atoms with E-state index in [2.05, 4.69) is 31.9 Å². The molecule has 1 aromatic carbocycles. The first-order valence-corrected chi connectivity index (χ1v) is 6.51. The number of hydrogen-bond donors (Lipinski definition) is 1. The molecular formula is C15H14N6. The van der Waals surface area contributed by atoms with Crippen molar-refractivity contribution in [3.05, 3.63) is 59.9 Å². The summed E-state index contributed by atoms with van der Waals surface area (Å²) in [6.45, 7) is 1.99. The van der Waals surface area contributed by atoms with Gasteiger partial charge in [0.1, 0.15) is 6.33 Å². The van der Waals surface area contributed by atoms with Crippen LogP contribution in [-0.2, 0) is 0 Å². The fourth-order valence-corrected chi connectivity index (χ4v) is 1.84. The van der Waals surface area contributed by atoms with Gasteiger partial charge in [0.05, 0.1) is 6.21 Å². The maximum atomic E-state index is 4.26. The van der Waals surface area contributed by atoms with Crippen LogP contribution >= 0.6 is 0 Å². The molecule has 0 aliphatic heterocycles. The van der Waals surface area contributed by atoms with E-state index in [1.807, 2.05) is 43.3 Å². The second-order valence-electron chi connectivity index (χ2n) is 4.52. The minimum absolute atomic E-state index is 0.631. The average molecular weight is 278 g/mol. The fourth-order valence-electron chi connectivity index (χ4n) is 1.84. The topological polar surface area (TPSA) is 67.5 Å². The molecule has 0 unspecified atom stereocenters. The van der Waals surface area contributed by atoms with Gasteiger partial charge in [-0.1, -0.05) is 36.4 Å². The van der Waals surface area contributed by atoms with Gasteiger partial charge in [-0.3, -0.25) is 5.43 Å². The zero-order chi connectivity index (χ0) is 14.5. The van der Waals surface area contributed by atoms with Crippen LogP contribution < -0.4 is 5.43 Å². The molecule has 0 bridgehead atoms. The van der Waals surface area contributed by atoms with Crippen molar-refractivity contribution in [2.75, 3.05) is 5.43 Å². The van der Waals surface area contributed by atoms with Crippen molar-refractivity contribution < 1.29 is 0 Å². The lowest BCUT2D eigenvalue weighted by atomic mass is 10.1. The third-order valence-electron chi connectivity index (χ3n) is 2.80. The van der Waals surface area contributed by atoms with Crippen molar-refractivity contribution in [3.8, 4) is 0 Å². The standard InChI is InChI=1S/C15H14N6/c1-12(9-13-5-3-2-4-6-13)10-16-18-14-7-8-15-19-17-11-21(15)20-14/h2-11H,1H3,(H,18,20)/b12-9+,16-10+. The molecular weight excluding hydrogens is 264 g/mol. The SMILES string of the molecule is CC(/C=N/Nc1ccc2nncn2n1)=C\c1ccccc1. The lowest BCUT2D eigenvalue weighted by molar-refractivity contribution is 0.925. The minimum Gasteiger partial charge on any atom is -0.260 e. The Morgan fingerprint density at radius 1 is 1.19 bits per heavy atom. The molecule has 0 fully saturated rings. The van der Waals surface area contributed by atoms with E-state index in [0.29, 0.717) is 11.5 Å². The van der Waals surface area contributed by atoms with Crippen LogP contribution in [0.2, 0.25) is 0 Å². The highest BCUT2D eigenvalue weighted by Crippen LogP contribution is 2.06. The lowest BCUT2D eigenvalue weighted by Gasteiger charge is -1.99. The Bertz CT molecular complexity index is 788. The Balaban J connectivity index is 1.67. The Morgan fingerprint density at radius 3 is 2.90 bits per heavy atom. The van der Waals surface area contributed by atoms with E-state index in [9.17, 15) is 0 Å². The Kier molecular flexibility index (Phi) is 3.68. The second kappa shape index (κ2) is 5.96. The van der Waals surface area contributed by atoms with Crippen LogP contribution in [0.15, 0.2) is 59.5 Å². The van der Waals surface area contributed by atoms with Crippen molar-refractivity contribution in [3.63, 3.8) is 0 Å². The van der Waals surface area contributed by atoms with E-state index in [0.717, 1.165) is 11.1 Å². The van der Waals surface area contributed by atoms with Gasteiger partial charge in [-0.25, -0.2) is 0 Å². The van der Waals surface area contributed by atoms with Gasteiger partial charge in [0.2, 0.25) is 0 Å². The number of nitrogens with one attached hydrogen (secondary N) is 1. The number of aromatic nitrogens is 4. The Morgan fingerprint density at radius 2 is 2.05 bits per heavy atom. The first kappa shape index (κ1) is 13.0. The van der Waals surface area contributed by atoms with Crippen LogP contribution in [0.5, 0.6) is 0 Å². The van der Waals surface area contributed by atoms with Gasteiger partial charge < -0.3 is 0 Å². The Hall–Kier alpha value is -3.02. The molecule has 2 aromatic heterocycles. The molecule has 2 heterocycles. The number of anilines is 1. The zero-order valence-electron chi connectivity index (χ0n) is 11.5. The maximum Gasteiger partial charge on any atom is 0.177 e. The summed E-state index contributed by atoms with van der Waals surface area (Å²) in [6, 6.07) is 13.7. The van der Waals surface area contributed by atoms with Gasteiger partial charge in [-0.15, -0.1) is 15.3 Å². The quantitative estimate of drug-likeness (QED) is 0.588. The maximum absolute atomic E-state index is 4.26. The summed E-state index contributed by atoms with van der Waals surface area (Å²) in [5.74, 6) is 0.631. The molecule has 0 saturated carbocycles. The summed E-state index contributed by atoms with van der Waals surface area (Å²) >= 11 is 0. The summed E-state index contributed by atoms with van der Waals surface area (Å²) in [4.78, 5) is 0. The van der Waals surface area contributed by atoms with Crippen LogP contribution in [0.1, 0.15) is 12.5 Å². The van der Waals surface area contributed by atoms with Gasteiger partial charge in [-0.2, -0.15) is 9.62 Å². The second-order valence-corrected chi connectivity index (χ2v) is 4.52. The number of fused-ring (bicyclic) bond motifs is 1. The minimum atomic E-state index is 0.631. The molecule has 0 aliphatic rings. The molecule has 21 heavy (non-hydrogen) atoms. The van der Waals surface area contributed by atoms with Gasteiger partial charge >= 0.3 is 0 Å². The third kappa shape index (κ3) is 3.30. The van der Waals surface area contributed by atoms with E-state index in [1.165, 1.54) is 0 Å². The van der Waals surface area contributed by atoms with Crippen molar-refractivity contribution in [2.24, 2.45) is 5.10 Å². The predicted octanol–water partition coefficient (Wildman–Crippen LogP) is 2.63. The highest BCUT2D eigenvalue weighted by Gasteiger charge is 1.97.